The van der Waals surface area contributed by atoms with Crippen LogP contribution in [-0.4, -0.2) is 52.6 Å². The summed E-state index contributed by atoms with van der Waals surface area (Å²) in [7, 11) is -3.01. The van der Waals surface area contributed by atoms with E-state index in [1.54, 1.807) is 6.20 Å². The monoisotopic (exact) mass is 345 g/mol. The van der Waals surface area contributed by atoms with Gasteiger partial charge in [0.2, 0.25) is 5.91 Å². The molecule has 0 N–H and O–H groups in total. The van der Waals surface area contributed by atoms with Crippen LogP contribution in [-0.2, 0) is 21.2 Å². The largest absolute Gasteiger partial charge is 0.334 e. The highest BCUT2D eigenvalue weighted by Gasteiger charge is 2.38. The van der Waals surface area contributed by atoms with E-state index < -0.39 is 9.84 Å². The number of rotatable bonds is 4. The normalized spacial score (nSPS) is 24.7. The van der Waals surface area contributed by atoms with E-state index in [2.05, 4.69) is 5.10 Å². The Kier molecular flexibility index (Phi) is 4.45. The Morgan fingerprint density at radius 2 is 2.05 bits per heavy atom. The molecule has 2 aliphatic rings. The zero-order valence-corrected chi connectivity index (χ0v) is 13.9. The van der Waals surface area contributed by atoms with Gasteiger partial charge in [-0.15, -0.1) is 0 Å². The number of carbonyl (C=O) groups excluding carboxylic acids is 1. The predicted molar refractivity (Wildman–Crippen MR) is 83.4 cm³/mol. The Balaban J connectivity index is 1.77. The summed E-state index contributed by atoms with van der Waals surface area (Å²) in [5, 5.41) is 4.53. The van der Waals surface area contributed by atoms with Gasteiger partial charge in [0.25, 0.3) is 0 Å². The molecule has 0 radical (unpaired) electrons. The van der Waals surface area contributed by atoms with Gasteiger partial charge >= 0.3 is 0 Å². The van der Waals surface area contributed by atoms with Crippen LogP contribution >= 0.6 is 11.6 Å². The molecule has 1 saturated carbocycles. The van der Waals surface area contributed by atoms with E-state index in [9.17, 15) is 13.2 Å². The molecule has 0 spiro atoms. The van der Waals surface area contributed by atoms with Crippen LogP contribution in [0.2, 0.25) is 5.02 Å². The zero-order valence-electron chi connectivity index (χ0n) is 12.3. The summed E-state index contributed by atoms with van der Waals surface area (Å²) in [6, 6.07) is -0.0246. The average molecular weight is 346 g/mol. The average Bonchev–Trinajstić information content (AvgIpc) is 3.14. The SMILES string of the molecule is O=C(Cn1cc(Cl)cn1)N(C1CCCC1)[C@@H]1CCS(=O)(=O)C1. The number of sulfone groups is 1. The van der Waals surface area contributed by atoms with Gasteiger partial charge in [-0.1, -0.05) is 24.4 Å². The molecule has 1 aromatic rings. The lowest BCUT2D eigenvalue weighted by molar-refractivity contribution is -0.136. The van der Waals surface area contributed by atoms with Crippen molar-refractivity contribution in [1.82, 2.24) is 14.7 Å². The second-order valence-corrected chi connectivity index (χ2v) is 8.82. The highest BCUT2D eigenvalue weighted by atomic mass is 35.5. The Labute approximate surface area is 135 Å². The van der Waals surface area contributed by atoms with Gasteiger partial charge in [0.05, 0.1) is 22.7 Å². The quantitative estimate of drug-likeness (QED) is 0.829. The summed E-state index contributed by atoms with van der Waals surface area (Å²) in [6.07, 6.45) is 7.77. The lowest BCUT2D eigenvalue weighted by Gasteiger charge is -2.34. The van der Waals surface area contributed by atoms with Gasteiger partial charge in [-0.05, 0) is 19.3 Å². The standard InChI is InChI=1S/C14H20ClN3O3S/c15-11-7-16-17(8-11)9-14(19)18(12-3-1-2-4-12)13-5-6-22(20,21)10-13/h7-8,12-13H,1-6,9-10H2/t13-/m1/s1. The molecule has 1 aliphatic heterocycles. The number of halogens is 1. The first-order valence-corrected chi connectivity index (χ1v) is 9.84. The van der Waals surface area contributed by atoms with Gasteiger partial charge in [0.1, 0.15) is 6.54 Å². The van der Waals surface area contributed by atoms with Crippen LogP contribution in [0.5, 0.6) is 0 Å². The van der Waals surface area contributed by atoms with E-state index in [0.717, 1.165) is 25.7 Å². The van der Waals surface area contributed by atoms with Crippen molar-refractivity contribution in [3.8, 4) is 0 Å². The summed E-state index contributed by atoms with van der Waals surface area (Å²) in [5.41, 5.74) is 0. The molecule has 0 unspecified atom stereocenters. The van der Waals surface area contributed by atoms with Crippen molar-refractivity contribution >= 4 is 27.3 Å². The third-order valence-corrected chi connectivity index (χ3v) is 6.45. The molecular weight excluding hydrogens is 326 g/mol. The Bertz CT molecular complexity index is 652. The molecular formula is C14H20ClN3O3S. The Morgan fingerprint density at radius 3 is 2.59 bits per heavy atom. The minimum Gasteiger partial charge on any atom is -0.334 e. The van der Waals surface area contributed by atoms with E-state index in [1.807, 2.05) is 4.90 Å². The van der Waals surface area contributed by atoms with Crippen molar-refractivity contribution < 1.29 is 13.2 Å². The number of nitrogens with zero attached hydrogens (tertiary/aromatic N) is 3. The molecule has 1 aromatic heterocycles. The fourth-order valence-corrected chi connectivity index (χ4v) is 5.40. The highest BCUT2D eigenvalue weighted by Crippen LogP contribution is 2.29. The lowest BCUT2D eigenvalue weighted by Crippen LogP contribution is -2.48. The van der Waals surface area contributed by atoms with E-state index in [1.165, 1.54) is 10.9 Å². The molecule has 0 bridgehead atoms. The van der Waals surface area contributed by atoms with Crippen molar-refractivity contribution in [2.24, 2.45) is 0 Å². The van der Waals surface area contributed by atoms with E-state index in [0.29, 0.717) is 11.4 Å². The molecule has 1 amide bonds. The van der Waals surface area contributed by atoms with Gasteiger partial charge < -0.3 is 4.90 Å². The van der Waals surface area contributed by atoms with Gasteiger partial charge in [-0.3, -0.25) is 9.48 Å². The van der Waals surface area contributed by atoms with Crippen LogP contribution in [0.15, 0.2) is 12.4 Å². The van der Waals surface area contributed by atoms with E-state index >= 15 is 0 Å². The third kappa shape index (κ3) is 3.46. The van der Waals surface area contributed by atoms with Crippen molar-refractivity contribution in [2.45, 2.75) is 50.7 Å². The van der Waals surface area contributed by atoms with Crippen molar-refractivity contribution in [2.75, 3.05) is 11.5 Å². The van der Waals surface area contributed by atoms with Gasteiger partial charge in [0.15, 0.2) is 9.84 Å². The third-order valence-electron chi connectivity index (χ3n) is 4.51. The highest BCUT2D eigenvalue weighted by molar-refractivity contribution is 7.91. The van der Waals surface area contributed by atoms with Gasteiger partial charge in [-0.2, -0.15) is 5.10 Å². The predicted octanol–water partition coefficient (Wildman–Crippen LogP) is 1.49. The number of hydrogen-bond acceptors (Lipinski definition) is 4. The van der Waals surface area contributed by atoms with Crippen LogP contribution in [0.3, 0.4) is 0 Å². The van der Waals surface area contributed by atoms with Gasteiger partial charge in [-0.25, -0.2) is 8.42 Å². The molecule has 6 nitrogen and oxygen atoms in total. The fourth-order valence-electron chi connectivity index (χ4n) is 3.53. The number of carbonyl (C=O) groups is 1. The van der Waals surface area contributed by atoms with Gasteiger partial charge in [0, 0.05) is 18.3 Å². The topological polar surface area (TPSA) is 72.3 Å². The Morgan fingerprint density at radius 1 is 1.32 bits per heavy atom. The summed E-state index contributed by atoms with van der Waals surface area (Å²) in [6.45, 7) is 0.111. The smallest absolute Gasteiger partial charge is 0.244 e. The first-order valence-electron chi connectivity index (χ1n) is 7.64. The molecule has 1 aliphatic carbocycles. The maximum Gasteiger partial charge on any atom is 0.244 e. The summed E-state index contributed by atoms with van der Waals surface area (Å²) in [5.74, 6) is 0.213. The molecule has 2 heterocycles. The maximum absolute atomic E-state index is 12.7. The van der Waals surface area contributed by atoms with Crippen LogP contribution in [0, 0.1) is 0 Å². The summed E-state index contributed by atoms with van der Waals surface area (Å²) in [4.78, 5) is 14.6. The van der Waals surface area contributed by atoms with Crippen LogP contribution < -0.4 is 0 Å². The van der Waals surface area contributed by atoms with Crippen LogP contribution in [0.4, 0.5) is 0 Å². The second-order valence-electron chi connectivity index (χ2n) is 6.15. The van der Waals surface area contributed by atoms with E-state index in [-0.39, 0.29) is 36.0 Å². The minimum absolute atomic E-state index is 0.0613. The molecule has 122 valence electrons. The number of amides is 1. The first-order chi connectivity index (χ1) is 10.4. The molecule has 0 aromatic carbocycles. The maximum atomic E-state index is 12.7. The van der Waals surface area contributed by atoms with E-state index in [4.69, 9.17) is 11.6 Å². The van der Waals surface area contributed by atoms with Crippen molar-refractivity contribution in [3.63, 3.8) is 0 Å². The zero-order chi connectivity index (χ0) is 15.7. The molecule has 1 atom stereocenters. The lowest BCUT2D eigenvalue weighted by atomic mass is 10.1. The second kappa shape index (κ2) is 6.20. The molecule has 3 rings (SSSR count). The van der Waals surface area contributed by atoms with Crippen molar-refractivity contribution in [3.05, 3.63) is 17.4 Å². The fraction of sp³-hybridized carbons (Fsp3) is 0.714. The minimum atomic E-state index is -3.01. The Hall–Kier alpha value is -1.08. The van der Waals surface area contributed by atoms with Crippen LogP contribution in [0.25, 0.3) is 0 Å². The van der Waals surface area contributed by atoms with Crippen molar-refractivity contribution in [1.29, 1.82) is 0 Å². The number of aromatic nitrogens is 2. The molecule has 2 fully saturated rings. The van der Waals surface area contributed by atoms with Crippen LogP contribution in [0.1, 0.15) is 32.1 Å². The first kappa shape index (κ1) is 15.8. The summed E-state index contributed by atoms with van der Waals surface area (Å²) < 4.78 is 25.1. The molecule has 1 saturated heterocycles. The summed E-state index contributed by atoms with van der Waals surface area (Å²) >= 11 is 5.83. The number of hydrogen-bond donors (Lipinski definition) is 0. The molecule has 22 heavy (non-hydrogen) atoms. The molecule has 8 heteroatoms.